The van der Waals surface area contributed by atoms with Crippen LogP contribution in [0.25, 0.3) is 6.08 Å². The number of allylic oxidation sites excluding steroid dienone is 1. The van der Waals surface area contributed by atoms with E-state index in [0.717, 1.165) is 18.4 Å². The Labute approximate surface area is 105 Å². The molecule has 0 spiro atoms. The van der Waals surface area contributed by atoms with Crippen LogP contribution in [0.5, 0.6) is 11.5 Å². The van der Waals surface area contributed by atoms with Gasteiger partial charge in [0.15, 0.2) is 11.5 Å². The van der Waals surface area contributed by atoms with Crippen LogP contribution in [-0.2, 0) is 0 Å². The molecule has 0 aromatic heterocycles. The Morgan fingerprint density at radius 2 is 2.11 bits per heavy atom. The predicted molar refractivity (Wildman–Crippen MR) is 67.8 cm³/mol. The molecular formula is C13H15NO4. The van der Waals surface area contributed by atoms with Crippen LogP contribution in [0.1, 0.15) is 32.3 Å². The van der Waals surface area contributed by atoms with Gasteiger partial charge in [0.05, 0.1) is 16.6 Å². The highest BCUT2D eigenvalue weighted by Gasteiger charge is 2.22. The van der Waals surface area contributed by atoms with Gasteiger partial charge in [-0.3, -0.25) is 10.1 Å². The first-order chi connectivity index (χ1) is 8.61. The summed E-state index contributed by atoms with van der Waals surface area (Å²) in [4.78, 5) is 10.6. The molecule has 2 rings (SSSR count). The largest absolute Gasteiger partial charge is 0.454 e. The lowest BCUT2D eigenvalue weighted by Gasteiger charge is -2.03. The van der Waals surface area contributed by atoms with Crippen LogP contribution in [0.4, 0.5) is 5.69 Å². The molecule has 5 nitrogen and oxygen atoms in total. The van der Waals surface area contributed by atoms with Gasteiger partial charge in [0.1, 0.15) is 0 Å². The van der Waals surface area contributed by atoms with E-state index in [0.29, 0.717) is 17.1 Å². The van der Waals surface area contributed by atoms with E-state index in [-0.39, 0.29) is 12.5 Å². The third kappa shape index (κ3) is 2.45. The van der Waals surface area contributed by atoms with Gasteiger partial charge in [-0.1, -0.05) is 18.9 Å². The standard InChI is InChI=1S/C13H15NO4/c1-3-4-9(2)5-10-6-12-13(18-8-17-12)7-11(10)14(15)16/h5-7H,3-4,8H2,1-2H3/b9-5+. The molecule has 0 aliphatic carbocycles. The summed E-state index contributed by atoms with van der Waals surface area (Å²) in [5, 5.41) is 11.0. The fourth-order valence-electron chi connectivity index (χ4n) is 1.95. The highest BCUT2D eigenvalue weighted by molar-refractivity contribution is 5.68. The maximum atomic E-state index is 11.0. The third-order valence-electron chi connectivity index (χ3n) is 2.76. The van der Waals surface area contributed by atoms with Gasteiger partial charge in [0.25, 0.3) is 5.69 Å². The number of ether oxygens (including phenoxy) is 2. The predicted octanol–water partition coefficient (Wildman–Crippen LogP) is 3.53. The van der Waals surface area contributed by atoms with Gasteiger partial charge in [-0.2, -0.15) is 0 Å². The molecule has 5 heteroatoms. The average Bonchev–Trinajstić information content (AvgIpc) is 2.74. The summed E-state index contributed by atoms with van der Waals surface area (Å²) in [7, 11) is 0. The summed E-state index contributed by atoms with van der Waals surface area (Å²) in [6.07, 6.45) is 3.77. The highest BCUT2D eigenvalue weighted by Crippen LogP contribution is 2.38. The Morgan fingerprint density at radius 3 is 2.72 bits per heavy atom. The van der Waals surface area contributed by atoms with Crippen molar-refractivity contribution in [2.75, 3.05) is 6.79 Å². The summed E-state index contributed by atoms with van der Waals surface area (Å²) >= 11 is 0. The van der Waals surface area contributed by atoms with Crippen molar-refractivity contribution in [1.29, 1.82) is 0 Å². The second kappa shape index (κ2) is 5.08. The van der Waals surface area contributed by atoms with Gasteiger partial charge in [0, 0.05) is 0 Å². The molecule has 1 aliphatic rings. The molecule has 0 bridgehead atoms. The number of hydrogen-bond acceptors (Lipinski definition) is 4. The Kier molecular flexibility index (Phi) is 3.50. The van der Waals surface area contributed by atoms with Crippen LogP contribution < -0.4 is 9.47 Å². The smallest absolute Gasteiger partial charge is 0.280 e. The van der Waals surface area contributed by atoms with Crippen molar-refractivity contribution >= 4 is 11.8 Å². The summed E-state index contributed by atoms with van der Waals surface area (Å²) in [6.45, 7) is 4.16. The molecule has 0 saturated carbocycles. The van der Waals surface area contributed by atoms with E-state index in [1.54, 1.807) is 6.07 Å². The van der Waals surface area contributed by atoms with Gasteiger partial charge in [-0.15, -0.1) is 0 Å². The maximum absolute atomic E-state index is 11.0. The number of rotatable bonds is 4. The molecule has 1 aromatic rings. The van der Waals surface area contributed by atoms with Crippen molar-refractivity contribution in [2.24, 2.45) is 0 Å². The number of nitro groups is 1. The lowest BCUT2D eigenvalue weighted by Crippen LogP contribution is -1.93. The molecule has 96 valence electrons. The van der Waals surface area contributed by atoms with Crippen molar-refractivity contribution in [3.8, 4) is 11.5 Å². The van der Waals surface area contributed by atoms with Crippen LogP contribution in [0.15, 0.2) is 17.7 Å². The van der Waals surface area contributed by atoms with E-state index in [1.807, 2.05) is 13.0 Å². The van der Waals surface area contributed by atoms with E-state index < -0.39 is 4.92 Å². The Balaban J connectivity index is 2.45. The Bertz CT molecular complexity index is 508. The molecule has 1 aromatic carbocycles. The number of nitrogens with zero attached hydrogens (tertiary/aromatic N) is 1. The van der Waals surface area contributed by atoms with Crippen LogP contribution in [0.3, 0.4) is 0 Å². The van der Waals surface area contributed by atoms with Gasteiger partial charge in [-0.05, 0) is 25.5 Å². The van der Waals surface area contributed by atoms with E-state index in [4.69, 9.17) is 9.47 Å². The van der Waals surface area contributed by atoms with Crippen molar-refractivity contribution in [3.05, 3.63) is 33.4 Å². The normalized spacial score (nSPS) is 13.8. The summed E-state index contributed by atoms with van der Waals surface area (Å²) < 4.78 is 10.4. The summed E-state index contributed by atoms with van der Waals surface area (Å²) in [5.41, 5.74) is 1.73. The second-order valence-corrected chi connectivity index (χ2v) is 4.26. The molecule has 1 aliphatic heterocycles. The topological polar surface area (TPSA) is 61.6 Å². The number of fused-ring (bicyclic) bond motifs is 1. The van der Waals surface area contributed by atoms with Gasteiger partial charge < -0.3 is 9.47 Å². The molecule has 0 unspecified atom stereocenters. The molecule has 0 saturated heterocycles. The SMILES string of the molecule is CCC/C(C)=C/c1cc2c(cc1[N+](=O)[O-])OCO2. The summed E-state index contributed by atoms with van der Waals surface area (Å²) in [6, 6.07) is 3.09. The lowest BCUT2D eigenvalue weighted by molar-refractivity contribution is -0.385. The fraction of sp³-hybridized carbons (Fsp3) is 0.385. The van der Waals surface area contributed by atoms with Crippen LogP contribution in [0.2, 0.25) is 0 Å². The first-order valence-corrected chi connectivity index (χ1v) is 5.87. The zero-order chi connectivity index (χ0) is 13.1. The third-order valence-corrected chi connectivity index (χ3v) is 2.76. The summed E-state index contributed by atoms with van der Waals surface area (Å²) in [5.74, 6) is 1.00. The Morgan fingerprint density at radius 1 is 1.44 bits per heavy atom. The van der Waals surface area contributed by atoms with Crippen molar-refractivity contribution < 1.29 is 14.4 Å². The maximum Gasteiger partial charge on any atom is 0.280 e. The first-order valence-electron chi connectivity index (χ1n) is 5.87. The molecular weight excluding hydrogens is 234 g/mol. The molecule has 0 fully saturated rings. The van der Waals surface area contributed by atoms with Crippen molar-refractivity contribution in [2.45, 2.75) is 26.7 Å². The second-order valence-electron chi connectivity index (χ2n) is 4.26. The zero-order valence-corrected chi connectivity index (χ0v) is 10.4. The molecule has 0 amide bonds. The van der Waals surface area contributed by atoms with Gasteiger partial charge in [0.2, 0.25) is 6.79 Å². The highest BCUT2D eigenvalue weighted by atomic mass is 16.7. The van der Waals surface area contributed by atoms with Gasteiger partial charge >= 0.3 is 0 Å². The first kappa shape index (κ1) is 12.4. The minimum absolute atomic E-state index is 0.0507. The zero-order valence-electron chi connectivity index (χ0n) is 10.4. The minimum atomic E-state index is -0.396. The molecule has 0 N–H and O–H groups in total. The number of nitro benzene ring substituents is 1. The van der Waals surface area contributed by atoms with Crippen LogP contribution in [-0.4, -0.2) is 11.7 Å². The van der Waals surface area contributed by atoms with Crippen LogP contribution in [0, 0.1) is 10.1 Å². The monoisotopic (exact) mass is 249 g/mol. The van der Waals surface area contributed by atoms with E-state index >= 15 is 0 Å². The number of benzene rings is 1. The van der Waals surface area contributed by atoms with E-state index in [1.165, 1.54) is 6.07 Å². The van der Waals surface area contributed by atoms with E-state index in [9.17, 15) is 10.1 Å². The molecule has 1 heterocycles. The fourth-order valence-corrected chi connectivity index (χ4v) is 1.95. The quantitative estimate of drug-likeness (QED) is 0.605. The molecule has 18 heavy (non-hydrogen) atoms. The minimum Gasteiger partial charge on any atom is -0.454 e. The molecule has 0 atom stereocenters. The average molecular weight is 249 g/mol. The van der Waals surface area contributed by atoms with Crippen LogP contribution >= 0.6 is 0 Å². The van der Waals surface area contributed by atoms with Gasteiger partial charge in [-0.25, -0.2) is 0 Å². The molecule has 0 radical (unpaired) electrons. The lowest BCUT2D eigenvalue weighted by atomic mass is 10.1. The van der Waals surface area contributed by atoms with Crippen molar-refractivity contribution in [1.82, 2.24) is 0 Å². The van der Waals surface area contributed by atoms with E-state index in [2.05, 4.69) is 6.92 Å². The van der Waals surface area contributed by atoms with Crippen molar-refractivity contribution in [3.63, 3.8) is 0 Å². The number of hydrogen-bond donors (Lipinski definition) is 0. The Hall–Kier alpha value is -2.04.